The van der Waals surface area contributed by atoms with Crippen molar-refractivity contribution in [3.8, 4) is 0 Å². The van der Waals surface area contributed by atoms with Gasteiger partial charge in [0.2, 0.25) is 10.0 Å². The van der Waals surface area contributed by atoms with Gasteiger partial charge in [-0.15, -0.1) is 0 Å². The van der Waals surface area contributed by atoms with E-state index in [2.05, 4.69) is 4.74 Å². The van der Waals surface area contributed by atoms with E-state index in [9.17, 15) is 18.0 Å². The molecule has 1 aromatic carbocycles. The van der Waals surface area contributed by atoms with Crippen LogP contribution >= 0.6 is 0 Å². The number of ether oxygens (including phenoxy) is 2. The van der Waals surface area contributed by atoms with Crippen molar-refractivity contribution in [1.29, 1.82) is 0 Å². The molecule has 0 atom stereocenters. The highest BCUT2D eigenvalue weighted by molar-refractivity contribution is 7.89. The molecule has 1 heterocycles. The number of rotatable bonds is 5. The highest BCUT2D eigenvalue weighted by atomic mass is 32.2. The molecule has 0 spiro atoms. The smallest absolute Gasteiger partial charge is 0.341 e. The molecule has 23 heavy (non-hydrogen) atoms. The monoisotopic (exact) mass is 339 g/mol. The van der Waals surface area contributed by atoms with Gasteiger partial charge < -0.3 is 13.9 Å². The predicted octanol–water partition coefficient (Wildman–Crippen LogP) is 1.07. The third-order valence-corrected chi connectivity index (χ3v) is 3.83. The Morgan fingerprint density at radius 1 is 1.13 bits per heavy atom. The van der Waals surface area contributed by atoms with Crippen molar-refractivity contribution in [2.75, 3.05) is 7.11 Å². The SMILES string of the molecule is COC(=O)c1ccoc1COC(=O)c1ccc(S(N)(=O)=O)cc1. The van der Waals surface area contributed by atoms with E-state index in [4.69, 9.17) is 14.3 Å². The van der Waals surface area contributed by atoms with Gasteiger partial charge in [0, 0.05) is 0 Å². The van der Waals surface area contributed by atoms with Crippen LogP contribution in [0.2, 0.25) is 0 Å². The van der Waals surface area contributed by atoms with Gasteiger partial charge in [0.05, 0.1) is 23.8 Å². The molecule has 0 aliphatic heterocycles. The first kappa shape index (κ1) is 16.7. The van der Waals surface area contributed by atoms with E-state index >= 15 is 0 Å². The molecule has 0 radical (unpaired) electrons. The molecule has 2 aromatic rings. The molecule has 0 aliphatic rings. The molecule has 1 aromatic heterocycles. The molecular formula is C14H13NO7S. The fourth-order valence-corrected chi connectivity index (χ4v) is 2.25. The lowest BCUT2D eigenvalue weighted by molar-refractivity contribution is 0.0432. The van der Waals surface area contributed by atoms with E-state index in [1.165, 1.54) is 43.7 Å². The summed E-state index contributed by atoms with van der Waals surface area (Å²) >= 11 is 0. The van der Waals surface area contributed by atoms with E-state index < -0.39 is 22.0 Å². The highest BCUT2D eigenvalue weighted by Crippen LogP contribution is 2.15. The normalized spacial score (nSPS) is 11.0. The Balaban J connectivity index is 2.06. The van der Waals surface area contributed by atoms with Gasteiger partial charge in [0.1, 0.15) is 5.56 Å². The lowest BCUT2D eigenvalue weighted by Crippen LogP contribution is -2.13. The van der Waals surface area contributed by atoms with Gasteiger partial charge in [-0.05, 0) is 30.3 Å². The number of hydrogen-bond donors (Lipinski definition) is 1. The molecule has 0 bridgehead atoms. The van der Waals surface area contributed by atoms with Crippen molar-refractivity contribution in [2.45, 2.75) is 11.5 Å². The molecule has 0 aliphatic carbocycles. The average molecular weight is 339 g/mol. The fourth-order valence-electron chi connectivity index (χ4n) is 1.74. The van der Waals surface area contributed by atoms with Crippen molar-refractivity contribution in [1.82, 2.24) is 0 Å². The maximum absolute atomic E-state index is 11.9. The van der Waals surface area contributed by atoms with Gasteiger partial charge in [-0.2, -0.15) is 0 Å². The summed E-state index contributed by atoms with van der Waals surface area (Å²) in [5.41, 5.74) is 0.286. The molecule has 0 fully saturated rings. The van der Waals surface area contributed by atoms with E-state index in [0.29, 0.717) is 0 Å². The number of sulfonamides is 1. The van der Waals surface area contributed by atoms with Gasteiger partial charge in [-0.1, -0.05) is 0 Å². The summed E-state index contributed by atoms with van der Waals surface area (Å²) in [5.74, 6) is -1.17. The minimum atomic E-state index is -3.83. The molecule has 0 saturated heterocycles. The summed E-state index contributed by atoms with van der Waals surface area (Å²) in [5, 5.41) is 4.96. The molecule has 0 saturated carbocycles. The number of carbonyl (C=O) groups excluding carboxylic acids is 2. The van der Waals surface area contributed by atoms with Gasteiger partial charge in [-0.25, -0.2) is 23.1 Å². The first-order valence-electron chi connectivity index (χ1n) is 6.27. The number of benzene rings is 1. The first-order valence-corrected chi connectivity index (χ1v) is 7.82. The van der Waals surface area contributed by atoms with Crippen LogP contribution in [-0.4, -0.2) is 27.5 Å². The van der Waals surface area contributed by atoms with Crippen LogP contribution in [-0.2, 0) is 26.1 Å². The molecule has 0 amide bonds. The Hall–Kier alpha value is -2.65. The number of esters is 2. The highest BCUT2D eigenvalue weighted by Gasteiger charge is 2.17. The Morgan fingerprint density at radius 2 is 1.78 bits per heavy atom. The molecule has 2 N–H and O–H groups in total. The minimum Gasteiger partial charge on any atom is -0.465 e. The maximum Gasteiger partial charge on any atom is 0.341 e. The summed E-state index contributed by atoms with van der Waals surface area (Å²) in [6.07, 6.45) is 1.27. The molecule has 2 rings (SSSR count). The topological polar surface area (TPSA) is 126 Å². The van der Waals surface area contributed by atoms with Gasteiger partial charge >= 0.3 is 11.9 Å². The number of furan rings is 1. The lowest BCUT2D eigenvalue weighted by atomic mass is 10.2. The van der Waals surface area contributed by atoms with Crippen molar-refractivity contribution in [2.24, 2.45) is 5.14 Å². The molecule has 0 unspecified atom stereocenters. The predicted molar refractivity (Wildman–Crippen MR) is 77.0 cm³/mol. The van der Waals surface area contributed by atoms with E-state index in [1.54, 1.807) is 0 Å². The van der Waals surface area contributed by atoms with Crippen LogP contribution < -0.4 is 5.14 Å². The maximum atomic E-state index is 11.9. The summed E-state index contributed by atoms with van der Waals surface area (Å²) in [7, 11) is -2.61. The number of methoxy groups -OCH3 is 1. The first-order chi connectivity index (χ1) is 10.8. The molecule has 9 heteroatoms. The quantitative estimate of drug-likeness (QED) is 0.807. The molecule has 8 nitrogen and oxygen atoms in total. The lowest BCUT2D eigenvalue weighted by Gasteiger charge is -2.05. The largest absolute Gasteiger partial charge is 0.465 e. The van der Waals surface area contributed by atoms with Gasteiger partial charge in [-0.3, -0.25) is 0 Å². The van der Waals surface area contributed by atoms with Crippen LogP contribution in [0.1, 0.15) is 26.5 Å². The van der Waals surface area contributed by atoms with Crippen molar-refractivity contribution in [3.05, 3.63) is 53.5 Å². The Bertz CT molecular complexity index is 821. The summed E-state index contributed by atoms with van der Waals surface area (Å²) in [4.78, 5) is 23.2. The fraction of sp³-hybridized carbons (Fsp3) is 0.143. The Morgan fingerprint density at radius 3 is 2.35 bits per heavy atom. The summed E-state index contributed by atoms with van der Waals surface area (Å²) < 4.78 is 36.9. The zero-order valence-corrected chi connectivity index (χ0v) is 12.8. The third-order valence-electron chi connectivity index (χ3n) is 2.90. The third kappa shape index (κ3) is 3.96. The Kier molecular flexibility index (Phi) is 4.82. The summed E-state index contributed by atoms with van der Waals surface area (Å²) in [6, 6.07) is 6.32. The summed E-state index contributed by atoms with van der Waals surface area (Å²) in [6.45, 7) is -0.271. The van der Waals surface area contributed by atoms with Crippen LogP contribution in [0.3, 0.4) is 0 Å². The number of carbonyl (C=O) groups is 2. The van der Waals surface area contributed by atoms with Crippen LogP contribution in [0.5, 0.6) is 0 Å². The molecule has 122 valence electrons. The zero-order valence-electron chi connectivity index (χ0n) is 12.0. The van der Waals surface area contributed by atoms with Crippen LogP contribution in [0.4, 0.5) is 0 Å². The second kappa shape index (κ2) is 6.63. The Labute approximate surface area is 131 Å². The van der Waals surface area contributed by atoms with E-state index in [-0.39, 0.29) is 28.4 Å². The van der Waals surface area contributed by atoms with Crippen LogP contribution in [0.25, 0.3) is 0 Å². The van der Waals surface area contributed by atoms with Crippen molar-refractivity contribution < 1.29 is 31.9 Å². The van der Waals surface area contributed by atoms with Gasteiger partial charge in [0.15, 0.2) is 12.4 Å². The average Bonchev–Trinajstić information content (AvgIpc) is 2.99. The number of hydrogen-bond acceptors (Lipinski definition) is 7. The number of nitrogens with two attached hydrogens (primary N) is 1. The zero-order chi connectivity index (χ0) is 17.0. The minimum absolute atomic E-state index is 0.118. The van der Waals surface area contributed by atoms with Crippen LogP contribution in [0, 0.1) is 0 Å². The van der Waals surface area contributed by atoms with Gasteiger partial charge in [0.25, 0.3) is 0 Å². The van der Waals surface area contributed by atoms with E-state index in [0.717, 1.165) is 0 Å². The van der Waals surface area contributed by atoms with Crippen molar-refractivity contribution >= 4 is 22.0 Å². The number of primary sulfonamides is 1. The van der Waals surface area contributed by atoms with E-state index in [1.807, 2.05) is 0 Å². The van der Waals surface area contributed by atoms with Crippen molar-refractivity contribution in [3.63, 3.8) is 0 Å². The second-order valence-corrected chi connectivity index (χ2v) is 5.96. The second-order valence-electron chi connectivity index (χ2n) is 4.39. The molecular weight excluding hydrogens is 326 g/mol. The van der Waals surface area contributed by atoms with Crippen LogP contribution in [0.15, 0.2) is 45.9 Å². The standard InChI is InChI=1S/C14H13NO7S/c1-20-14(17)11-6-7-21-12(11)8-22-13(16)9-2-4-10(5-3-9)23(15,18)19/h2-7H,8H2,1H3,(H2,15,18,19).